The molecule has 0 spiro atoms. The lowest BCUT2D eigenvalue weighted by atomic mass is 9.97. The summed E-state index contributed by atoms with van der Waals surface area (Å²) >= 11 is 0. The van der Waals surface area contributed by atoms with E-state index in [2.05, 4.69) is 10.6 Å². The first-order valence-electron chi connectivity index (χ1n) is 11.2. The lowest BCUT2D eigenvalue weighted by Crippen LogP contribution is -2.58. The van der Waals surface area contributed by atoms with Gasteiger partial charge in [0.05, 0.1) is 12.5 Å². The second-order valence-electron chi connectivity index (χ2n) is 9.93. The van der Waals surface area contributed by atoms with Crippen LogP contribution in [0.3, 0.4) is 0 Å². The average Bonchev–Trinajstić information content (AvgIpc) is 3.09. The zero-order valence-corrected chi connectivity index (χ0v) is 19.3. The van der Waals surface area contributed by atoms with Gasteiger partial charge in [-0.3, -0.25) is 19.2 Å². The van der Waals surface area contributed by atoms with Crippen LogP contribution in [0.25, 0.3) is 0 Å². The summed E-state index contributed by atoms with van der Waals surface area (Å²) < 4.78 is 77.3. The Morgan fingerprint density at radius 3 is 2.33 bits per heavy atom. The van der Waals surface area contributed by atoms with E-state index < -0.39 is 71.9 Å². The first kappa shape index (κ1) is 27.5. The van der Waals surface area contributed by atoms with Crippen LogP contribution in [0.4, 0.5) is 26.3 Å². The molecule has 200 valence electrons. The average molecular weight is 525 g/mol. The molecule has 0 aromatic rings. The molecule has 1 aliphatic carbocycles. The van der Waals surface area contributed by atoms with Gasteiger partial charge in [0.1, 0.15) is 18.1 Å². The fourth-order valence-electron chi connectivity index (χ4n) is 5.24. The Hall–Kier alpha value is -3.05. The summed E-state index contributed by atoms with van der Waals surface area (Å²) in [5.74, 6) is -6.70. The predicted octanol–water partition coefficient (Wildman–Crippen LogP) is 1.00. The number of likely N-dealkylation sites (tertiary alicyclic amines) is 1. The standard InChI is InChI=1S/C21H25F6N5O4/c1-19(2)11-8-32(17(35)12(6-20(22,23)24)31-18(36)21(25,26)27)14(13(11)19)16(34)30-10(7-28)5-9-3-4-29-15(9)33/h9-14H,3-6,8H2,1-2H3,(H,29,33)(H,30,34)(H,31,36)/t9-,10-,11?,12-,13?,14?/m0/s1. The third-order valence-corrected chi connectivity index (χ3v) is 7.21. The van der Waals surface area contributed by atoms with Crippen LogP contribution in [0, 0.1) is 34.5 Å². The van der Waals surface area contributed by atoms with Crippen molar-refractivity contribution in [3.05, 3.63) is 0 Å². The summed E-state index contributed by atoms with van der Waals surface area (Å²) in [5.41, 5.74) is -0.485. The largest absolute Gasteiger partial charge is 0.471 e. The van der Waals surface area contributed by atoms with Gasteiger partial charge >= 0.3 is 18.3 Å². The number of carbonyl (C=O) groups excluding carboxylic acids is 4. The number of fused-ring (bicyclic) bond motifs is 1. The van der Waals surface area contributed by atoms with Crippen LogP contribution < -0.4 is 16.0 Å². The molecule has 3 fully saturated rings. The SMILES string of the molecule is CC1(C)C2CN(C(=O)[C@H](CC(F)(F)F)NC(=O)C(F)(F)F)C(C(=O)N[C@H](C#N)C[C@@H]3CCNC3=O)C21. The van der Waals surface area contributed by atoms with Crippen molar-refractivity contribution < 1.29 is 45.5 Å². The summed E-state index contributed by atoms with van der Waals surface area (Å²) in [4.78, 5) is 50.0. The molecule has 2 aliphatic heterocycles. The third kappa shape index (κ3) is 5.67. The number of hydrogen-bond donors (Lipinski definition) is 3. The van der Waals surface area contributed by atoms with Gasteiger partial charge in [0.25, 0.3) is 0 Å². The molecule has 9 nitrogen and oxygen atoms in total. The highest BCUT2D eigenvalue weighted by molar-refractivity contribution is 5.94. The van der Waals surface area contributed by atoms with E-state index in [-0.39, 0.29) is 24.8 Å². The molecule has 0 bridgehead atoms. The van der Waals surface area contributed by atoms with Crippen LogP contribution in [0.2, 0.25) is 0 Å². The van der Waals surface area contributed by atoms with E-state index in [1.165, 1.54) is 0 Å². The van der Waals surface area contributed by atoms with E-state index >= 15 is 0 Å². The van der Waals surface area contributed by atoms with Crippen molar-refractivity contribution in [2.24, 2.45) is 23.2 Å². The van der Waals surface area contributed by atoms with Crippen LogP contribution in [0.15, 0.2) is 0 Å². The predicted molar refractivity (Wildman–Crippen MR) is 108 cm³/mol. The molecule has 3 N–H and O–H groups in total. The van der Waals surface area contributed by atoms with Crippen molar-refractivity contribution in [2.45, 2.75) is 63.6 Å². The number of nitrogens with one attached hydrogen (secondary N) is 3. The number of halogens is 6. The van der Waals surface area contributed by atoms with Crippen molar-refractivity contribution in [3.63, 3.8) is 0 Å². The summed E-state index contributed by atoms with van der Waals surface area (Å²) in [6.45, 7) is 3.75. The summed E-state index contributed by atoms with van der Waals surface area (Å²) in [5, 5.41) is 15.6. The third-order valence-electron chi connectivity index (χ3n) is 7.21. The van der Waals surface area contributed by atoms with Crippen LogP contribution >= 0.6 is 0 Å². The molecular weight excluding hydrogens is 500 g/mol. The molecular formula is C21H25F6N5O4. The Balaban J connectivity index is 1.80. The minimum absolute atomic E-state index is 0.0232. The number of alkyl halides is 6. The zero-order valence-electron chi connectivity index (χ0n) is 19.3. The maximum Gasteiger partial charge on any atom is 0.471 e. The topological polar surface area (TPSA) is 131 Å². The molecule has 3 aliphatic rings. The number of nitriles is 1. The Bertz CT molecular complexity index is 975. The van der Waals surface area contributed by atoms with E-state index in [1.807, 2.05) is 6.07 Å². The van der Waals surface area contributed by atoms with Gasteiger partial charge in [-0.2, -0.15) is 31.6 Å². The van der Waals surface area contributed by atoms with E-state index in [4.69, 9.17) is 0 Å². The molecule has 0 radical (unpaired) electrons. The highest BCUT2D eigenvalue weighted by Gasteiger charge is 2.69. The molecule has 0 aromatic carbocycles. The molecule has 4 amide bonds. The number of rotatable bonds is 7. The number of nitrogens with zero attached hydrogens (tertiary/aromatic N) is 2. The minimum Gasteiger partial charge on any atom is -0.356 e. The van der Waals surface area contributed by atoms with Gasteiger partial charge in [0.2, 0.25) is 17.7 Å². The number of carbonyl (C=O) groups is 4. The van der Waals surface area contributed by atoms with Crippen molar-refractivity contribution in [2.75, 3.05) is 13.1 Å². The Morgan fingerprint density at radius 1 is 1.19 bits per heavy atom. The van der Waals surface area contributed by atoms with Gasteiger partial charge in [-0.1, -0.05) is 13.8 Å². The lowest BCUT2D eigenvalue weighted by molar-refractivity contribution is -0.179. The highest BCUT2D eigenvalue weighted by Crippen LogP contribution is 2.65. The Kier molecular flexibility index (Phi) is 7.22. The molecule has 1 saturated carbocycles. The van der Waals surface area contributed by atoms with E-state index in [0.29, 0.717) is 13.0 Å². The van der Waals surface area contributed by atoms with Gasteiger partial charge in [0.15, 0.2) is 0 Å². The van der Waals surface area contributed by atoms with Crippen LogP contribution in [-0.4, -0.2) is 72.1 Å². The molecule has 15 heteroatoms. The molecule has 2 saturated heterocycles. The molecule has 3 rings (SSSR count). The molecule has 0 aromatic heterocycles. The number of hydrogen-bond acceptors (Lipinski definition) is 5. The van der Waals surface area contributed by atoms with Gasteiger partial charge in [0, 0.05) is 19.0 Å². The van der Waals surface area contributed by atoms with E-state index in [1.54, 1.807) is 13.8 Å². The fraction of sp³-hybridized carbons (Fsp3) is 0.762. The molecule has 3 unspecified atom stereocenters. The number of piperidine rings is 1. The van der Waals surface area contributed by atoms with Gasteiger partial charge < -0.3 is 20.9 Å². The van der Waals surface area contributed by atoms with Crippen molar-refractivity contribution in [1.29, 1.82) is 5.26 Å². The van der Waals surface area contributed by atoms with Gasteiger partial charge in [-0.15, -0.1) is 0 Å². The fourth-order valence-corrected chi connectivity index (χ4v) is 5.24. The maximum atomic E-state index is 13.2. The normalized spacial score (nSPS) is 28.4. The van der Waals surface area contributed by atoms with Crippen molar-refractivity contribution in [3.8, 4) is 6.07 Å². The monoisotopic (exact) mass is 525 g/mol. The maximum absolute atomic E-state index is 13.2. The second kappa shape index (κ2) is 9.44. The highest BCUT2D eigenvalue weighted by atomic mass is 19.4. The van der Waals surface area contributed by atoms with Crippen LogP contribution in [0.5, 0.6) is 0 Å². The van der Waals surface area contributed by atoms with Gasteiger partial charge in [-0.25, -0.2) is 0 Å². The lowest BCUT2D eigenvalue weighted by Gasteiger charge is -2.33. The van der Waals surface area contributed by atoms with Crippen LogP contribution in [-0.2, 0) is 19.2 Å². The summed E-state index contributed by atoms with van der Waals surface area (Å²) in [6.07, 6.45) is -12.3. The smallest absolute Gasteiger partial charge is 0.356 e. The van der Waals surface area contributed by atoms with Crippen molar-refractivity contribution >= 4 is 23.6 Å². The van der Waals surface area contributed by atoms with Gasteiger partial charge in [-0.05, 0) is 30.1 Å². The van der Waals surface area contributed by atoms with Crippen molar-refractivity contribution in [1.82, 2.24) is 20.9 Å². The summed E-state index contributed by atoms with van der Waals surface area (Å²) in [6, 6.07) is -3.24. The zero-order chi connectivity index (χ0) is 27.2. The molecule has 36 heavy (non-hydrogen) atoms. The van der Waals surface area contributed by atoms with E-state index in [0.717, 1.165) is 10.2 Å². The second-order valence-corrected chi connectivity index (χ2v) is 9.93. The summed E-state index contributed by atoms with van der Waals surface area (Å²) in [7, 11) is 0. The Labute approximate surface area is 201 Å². The minimum atomic E-state index is -5.53. The van der Waals surface area contributed by atoms with Crippen LogP contribution in [0.1, 0.15) is 33.1 Å². The Morgan fingerprint density at radius 2 is 1.83 bits per heavy atom. The first-order valence-corrected chi connectivity index (χ1v) is 11.2. The number of amides is 4. The quantitative estimate of drug-likeness (QED) is 0.427. The first-order chi connectivity index (χ1) is 16.5. The molecule has 6 atom stereocenters. The van der Waals surface area contributed by atoms with E-state index in [9.17, 15) is 50.8 Å². The molecule has 2 heterocycles.